The maximum atomic E-state index is 5.62. The molecule has 0 spiro atoms. The Morgan fingerprint density at radius 1 is 1.50 bits per heavy atom. The Morgan fingerprint density at radius 3 is 3.00 bits per heavy atom. The van der Waals surface area contributed by atoms with Crippen LogP contribution in [0.4, 0.5) is 5.82 Å². The van der Waals surface area contributed by atoms with Gasteiger partial charge in [0.15, 0.2) is 0 Å². The normalized spacial score (nSPS) is 16.5. The zero-order valence-electron chi connectivity index (χ0n) is 7.66. The van der Waals surface area contributed by atoms with Crippen LogP contribution in [0.5, 0.6) is 0 Å². The average Bonchev–Trinajstić information content (AvgIpc) is 2.23. The second-order valence-corrected chi connectivity index (χ2v) is 4.00. The fourth-order valence-electron chi connectivity index (χ4n) is 1.41. The van der Waals surface area contributed by atoms with Crippen LogP contribution in [-0.2, 0) is 4.74 Å². The van der Waals surface area contributed by atoms with Crippen LogP contribution >= 0.6 is 15.9 Å². The second-order valence-electron chi connectivity index (χ2n) is 3.15. The third-order valence-electron chi connectivity index (χ3n) is 2.20. The second kappa shape index (κ2) is 4.11. The van der Waals surface area contributed by atoms with Gasteiger partial charge in [-0.05, 0) is 39.6 Å². The molecule has 0 amide bonds. The van der Waals surface area contributed by atoms with Crippen molar-refractivity contribution >= 4 is 27.3 Å². The lowest BCUT2D eigenvalue weighted by Gasteiger charge is -2.13. The molecule has 0 fully saturated rings. The molecule has 0 unspecified atom stereocenters. The van der Waals surface area contributed by atoms with E-state index in [1.807, 2.05) is 6.07 Å². The topological polar surface area (TPSA) is 48.1 Å². The highest BCUT2D eigenvalue weighted by Crippen LogP contribution is 2.25. The van der Waals surface area contributed by atoms with Crippen molar-refractivity contribution in [2.45, 2.75) is 6.42 Å². The molecule has 3 nitrogen and oxygen atoms in total. The molecule has 0 bridgehead atoms. The number of nitrogen functional groups attached to an aromatic ring is 1. The lowest BCUT2D eigenvalue weighted by molar-refractivity contribution is 0.161. The molecule has 1 aromatic rings. The first-order valence-electron chi connectivity index (χ1n) is 4.45. The average molecular weight is 255 g/mol. The van der Waals surface area contributed by atoms with E-state index in [-0.39, 0.29) is 0 Å². The van der Waals surface area contributed by atoms with E-state index in [0.717, 1.165) is 23.1 Å². The summed E-state index contributed by atoms with van der Waals surface area (Å²) in [5.41, 5.74) is 8.02. The maximum Gasteiger partial charge on any atom is 0.137 e. The minimum absolute atomic E-state index is 0.529. The Labute approximate surface area is 91.1 Å². The molecule has 0 aliphatic carbocycles. The number of hydrogen-bond acceptors (Lipinski definition) is 3. The number of rotatable bonds is 1. The van der Waals surface area contributed by atoms with E-state index in [1.165, 1.54) is 5.57 Å². The molecule has 14 heavy (non-hydrogen) atoms. The van der Waals surface area contributed by atoms with E-state index in [0.29, 0.717) is 12.4 Å². The first-order valence-corrected chi connectivity index (χ1v) is 5.25. The van der Waals surface area contributed by atoms with Gasteiger partial charge in [0.1, 0.15) is 5.82 Å². The fraction of sp³-hybridized carbons (Fsp3) is 0.300. The van der Waals surface area contributed by atoms with Crippen LogP contribution in [0, 0.1) is 0 Å². The summed E-state index contributed by atoms with van der Waals surface area (Å²) in [6.45, 7) is 1.48. The summed E-state index contributed by atoms with van der Waals surface area (Å²) < 4.78 is 6.09. The van der Waals surface area contributed by atoms with E-state index in [2.05, 4.69) is 27.0 Å². The highest BCUT2D eigenvalue weighted by molar-refractivity contribution is 9.10. The zero-order valence-corrected chi connectivity index (χ0v) is 9.25. The van der Waals surface area contributed by atoms with Gasteiger partial charge in [0.05, 0.1) is 17.7 Å². The van der Waals surface area contributed by atoms with Crippen LogP contribution in [0.1, 0.15) is 12.0 Å². The molecule has 2 rings (SSSR count). The number of nitrogens with two attached hydrogens (primary N) is 1. The number of anilines is 1. The van der Waals surface area contributed by atoms with Crippen LogP contribution in [-0.4, -0.2) is 18.2 Å². The minimum atomic E-state index is 0.529. The maximum absolute atomic E-state index is 5.62. The van der Waals surface area contributed by atoms with Gasteiger partial charge < -0.3 is 10.5 Å². The van der Waals surface area contributed by atoms with E-state index >= 15 is 0 Å². The number of pyridine rings is 1. The highest BCUT2D eigenvalue weighted by Gasteiger charge is 2.08. The van der Waals surface area contributed by atoms with Crippen LogP contribution in [0.3, 0.4) is 0 Å². The fourth-order valence-corrected chi connectivity index (χ4v) is 1.76. The molecule has 1 aliphatic rings. The summed E-state index contributed by atoms with van der Waals surface area (Å²) >= 11 is 3.37. The smallest absolute Gasteiger partial charge is 0.137 e. The van der Waals surface area contributed by atoms with Gasteiger partial charge in [-0.3, -0.25) is 0 Å². The summed E-state index contributed by atoms with van der Waals surface area (Å²) in [6.07, 6.45) is 4.83. The van der Waals surface area contributed by atoms with Gasteiger partial charge in [0, 0.05) is 6.20 Å². The molecule has 2 heterocycles. The largest absolute Gasteiger partial charge is 0.383 e. The number of ether oxygens (including phenoxy) is 1. The number of hydrogen-bond donors (Lipinski definition) is 1. The lowest BCUT2D eigenvalue weighted by Crippen LogP contribution is -2.04. The number of halogens is 1. The summed E-state index contributed by atoms with van der Waals surface area (Å²) in [4.78, 5) is 4.10. The summed E-state index contributed by atoms with van der Waals surface area (Å²) in [5.74, 6) is 0.529. The van der Waals surface area contributed by atoms with Crippen molar-refractivity contribution < 1.29 is 4.74 Å². The first kappa shape index (κ1) is 9.68. The van der Waals surface area contributed by atoms with Crippen molar-refractivity contribution in [3.63, 3.8) is 0 Å². The van der Waals surface area contributed by atoms with Crippen molar-refractivity contribution in [2.24, 2.45) is 0 Å². The molecule has 0 atom stereocenters. The van der Waals surface area contributed by atoms with Gasteiger partial charge in [0.2, 0.25) is 0 Å². The Bertz CT molecular complexity index is 376. The molecule has 2 N–H and O–H groups in total. The van der Waals surface area contributed by atoms with Crippen molar-refractivity contribution in [1.82, 2.24) is 4.98 Å². The van der Waals surface area contributed by atoms with Crippen molar-refractivity contribution in [1.29, 1.82) is 0 Å². The molecule has 1 aliphatic heterocycles. The lowest BCUT2D eigenvalue weighted by atomic mass is 10.0. The molecule has 0 radical (unpaired) electrons. The number of nitrogens with zero attached hydrogens (tertiary/aromatic N) is 1. The van der Waals surface area contributed by atoms with Gasteiger partial charge >= 0.3 is 0 Å². The third kappa shape index (κ3) is 1.96. The Kier molecular flexibility index (Phi) is 2.84. The van der Waals surface area contributed by atoms with Gasteiger partial charge in [-0.25, -0.2) is 4.98 Å². The first-order chi connectivity index (χ1) is 6.77. The Morgan fingerprint density at radius 2 is 2.36 bits per heavy atom. The Balaban J connectivity index is 2.32. The van der Waals surface area contributed by atoms with E-state index in [9.17, 15) is 0 Å². The zero-order chi connectivity index (χ0) is 9.97. The molecule has 74 valence electrons. The minimum Gasteiger partial charge on any atom is -0.383 e. The van der Waals surface area contributed by atoms with Crippen LogP contribution in [0.2, 0.25) is 0 Å². The van der Waals surface area contributed by atoms with Crippen molar-refractivity contribution in [3.05, 3.63) is 28.4 Å². The molecular weight excluding hydrogens is 244 g/mol. The molecule has 1 aromatic heterocycles. The Hall–Kier alpha value is -0.870. The summed E-state index contributed by atoms with van der Waals surface area (Å²) in [5, 5.41) is 0. The third-order valence-corrected chi connectivity index (χ3v) is 2.84. The van der Waals surface area contributed by atoms with Crippen LogP contribution in [0.25, 0.3) is 5.57 Å². The summed E-state index contributed by atoms with van der Waals surface area (Å²) in [6, 6.07) is 2.00. The molecule has 0 saturated carbocycles. The number of aromatic nitrogens is 1. The molecule has 0 saturated heterocycles. The van der Waals surface area contributed by atoms with Gasteiger partial charge in [0.25, 0.3) is 0 Å². The standard InChI is InChI=1S/C10H11BrN2O/c11-9-5-8(6-13-10(9)12)7-1-3-14-4-2-7/h1,5-6H,2-4H2,(H2,12,13). The molecule has 0 aromatic carbocycles. The van der Waals surface area contributed by atoms with Crippen molar-refractivity contribution in [2.75, 3.05) is 18.9 Å². The van der Waals surface area contributed by atoms with E-state index in [1.54, 1.807) is 6.20 Å². The highest BCUT2D eigenvalue weighted by atomic mass is 79.9. The van der Waals surface area contributed by atoms with Gasteiger partial charge in [-0.1, -0.05) is 6.08 Å². The molecule has 4 heteroatoms. The van der Waals surface area contributed by atoms with Gasteiger partial charge in [-0.2, -0.15) is 0 Å². The van der Waals surface area contributed by atoms with E-state index < -0.39 is 0 Å². The van der Waals surface area contributed by atoms with Gasteiger partial charge in [-0.15, -0.1) is 0 Å². The quantitative estimate of drug-likeness (QED) is 0.837. The van der Waals surface area contributed by atoms with Crippen molar-refractivity contribution in [3.8, 4) is 0 Å². The van der Waals surface area contributed by atoms with E-state index in [4.69, 9.17) is 10.5 Å². The molecular formula is C10H11BrN2O. The SMILES string of the molecule is Nc1ncc(C2=CCOCC2)cc1Br. The van der Waals surface area contributed by atoms with Crippen LogP contribution < -0.4 is 5.73 Å². The predicted molar refractivity (Wildman–Crippen MR) is 59.8 cm³/mol. The monoisotopic (exact) mass is 254 g/mol. The summed E-state index contributed by atoms with van der Waals surface area (Å²) in [7, 11) is 0. The van der Waals surface area contributed by atoms with Crippen LogP contribution in [0.15, 0.2) is 22.8 Å². The predicted octanol–water partition coefficient (Wildman–Crippen LogP) is 2.23.